The van der Waals surface area contributed by atoms with Crippen LogP contribution in [0.4, 0.5) is 18.0 Å². The first-order chi connectivity index (χ1) is 11.1. The third-order valence-corrected chi connectivity index (χ3v) is 5.23. The molecule has 8 heteroatoms. The number of benzene rings is 1. The van der Waals surface area contributed by atoms with Gasteiger partial charge in [-0.25, -0.2) is 0 Å². The van der Waals surface area contributed by atoms with E-state index in [0.29, 0.717) is 12.8 Å². The van der Waals surface area contributed by atoms with E-state index in [4.69, 9.17) is 0 Å². The minimum Gasteiger partial charge on any atom is -0.339 e. The van der Waals surface area contributed by atoms with Crippen LogP contribution in [-0.4, -0.2) is 54.3 Å². The topological polar surface area (TPSA) is 40.6 Å². The molecular weight excluding hydrogens is 341 g/mol. The van der Waals surface area contributed by atoms with Crippen LogP contribution in [-0.2, 0) is 17.6 Å². The van der Waals surface area contributed by atoms with Crippen molar-refractivity contribution in [1.82, 2.24) is 9.80 Å². The van der Waals surface area contributed by atoms with Gasteiger partial charge in [0.15, 0.2) is 0 Å². The number of aryl methyl sites for hydroxylation is 1. The van der Waals surface area contributed by atoms with Gasteiger partial charge >= 0.3 is 12.1 Å². The van der Waals surface area contributed by atoms with Gasteiger partial charge in [0, 0.05) is 32.1 Å². The van der Waals surface area contributed by atoms with Crippen LogP contribution in [0.2, 0.25) is 0 Å². The van der Waals surface area contributed by atoms with Crippen LogP contribution in [0, 0.1) is 6.92 Å². The van der Waals surface area contributed by atoms with E-state index in [1.165, 1.54) is 4.90 Å². The first-order valence-electron chi connectivity index (χ1n) is 7.48. The van der Waals surface area contributed by atoms with Crippen molar-refractivity contribution >= 4 is 22.9 Å². The third kappa shape index (κ3) is 4.03. The van der Waals surface area contributed by atoms with E-state index in [1.807, 2.05) is 19.1 Å². The van der Waals surface area contributed by atoms with Crippen molar-refractivity contribution in [2.45, 2.75) is 30.8 Å². The summed E-state index contributed by atoms with van der Waals surface area (Å²) < 4.78 is 38.0. The van der Waals surface area contributed by atoms with Gasteiger partial charge in [0.05, 0.1) is 0 Å². The van der Waals surface area contributed by atoms with E-state index in [9.17, 15) is 22.8 Å². The van der Waals surface area contributed by atoms with Crippen molar-refractivity contribution < 1.29 is 22.8 Å². The summed E-state index contributed by atoms with van der Waals surface area (Å²) in [5.41, 5.74) is 2.67. The van der Waals surface area contributed by atoms with Gasteiger partial charge in [-0.15, -0.1) is 0 Å². The number of halogens is 3. The molecule has 1 aliphatic rings. The molecule has 0 saturated heterocycles. The zero-order valence-corrected chi connectivity index (χ0v) is 14.6. The maximum absolute atomic E-state index is 12.7. The standard InChI is InChI=1S/C16H19F3N2O2S/c1-10-4-5-11-6-8-21(14(22)16(17,18)19)9-7-12(11)13(10)24-15(23)20(2)3/h4-5H,6-9H2,1-3H3. The molecule has 0 fully saturated rings. The number of alkyl halides is 3. The summed E-state index contributed by atoms with van der Waals surface area (Å²) >= 11 is 1.08. The Morgan fingerprint density at radius 2 is 1.79 bits per heavy atom. The van der Waals surface area contributed by atoms with Gasteiger partial charge in [0.25, 0.3) is 5.24 Å². The summed E-state index contributed by atoms with van der Waals surface area (Å²) in [7, 11) is 3.30. The number of nitrogens with zero attached hydrogens (tertiary/aromatic N) is 2. The number of thioether (sulfide) groups is 1. The van der Waals surface area contributed by atoms with Crippen LogP contribution in [0.1, 0.15) is 16.7 Å². The number of carbonyl (C=O) groups is 2. The Labute approximate surface area is 143 Å². The summed E-state index contributed by atoms with van der Waals surface area (Å²) in [4.78, 5) is 26.6. The van der Waals surface area contributed by atoms with Gasteiger partial charge < -0.3 is 9.80 Å². The van der Waals surface area contributed by atoms with Crippen molar-refractivity contribution in [2.24, 2.45) is 0 Å². The molecule has 0 atom stereocenters. The van der Waals surface area contributed by atoms with Crippen molar-refractivity contribution in [2.75, 3.05) is 27.2 Å². The highest BCUT2D eigenvalue weighted by Gasteiger charge is 2.42. The second-order valence-electron chi connectivity index (χ2n) is 5.90. The molecular formula is C16H19F3N2O2S. The lowest BCUT2D eigenvalue weighted by Crippen LogP contribution is -2.42. The number of hydrogen-bond acceptors (Lipinski definition) is 3. The van der Waals surface area contributed by atoms with Gasteiger partial charge in [-0.3, -0.25) is 9.59 Å². The minimum absolute atomic E-state index is 0.00148. The summed E-state index contributed by atoms with van der Waals surface area (Å²) in [6.45, 7) is 1.90. The zero-order valence-electron chi connectivity index (χ0n) is 13.7. The van der Waals surface area contributed by atoms with Crippen LogP contribution in [0.15, 0.2) is 17.0 Å². The number of carbonyl (C=O) groups excluding carboxylic acids is 2. The molecule has 0 aliphatic carbocycles. The zero-order chi connectivity index (χ0) is 18.1. The highest BCUT2D eigenvalue weighted by molar-refractivity contribution is 8.13. The lowest BCUT2D eigenvalue weighted by molar-refractivity contribution is -0.185. The number of hydrogen-bond donors (Lipinski definition) is 0. The fourth-order valence-electron chi connectivity index (χ4n) is 2.61. The molecule has 1 aromatic carbocycles. The number of fused-ring (bicyclic) bond motifs is 1. The van der Waals surface area contributed by atoms with Crippen LogP contribution < -0.4 is 0 Å². The molecule has 0 radical (unpaired) electrons. The monoisotopic (exact) mass is 360 g/mol. The average molecular weight is 360 g/mol. The predicted octanol–water partition coefficient (Wildman–Crippen LogP) is 3.26. The van der Waals surface area contributed by atoms with E-state index in [2.05, 4.69) is 0 Å². The summed E-state index contributed by atoms with van der Waals surface area (Å²) in [6, 6.07) is 3.74. The lowest BCUT2D eigenvalue weighted by atomic mass is 10.0. The normalized spacial score (nSPS) is 14.8. The number of amides is 2. The third-order valence-electron chi connectivity index (χ3n) is 3.92. The SMILES string of the molecule is Cc1ccc2c(c1SC(=O)N(C)C)CCN(C(=O)C(F)(F)F)CC2. The smallest absolute Gasteiger partial charge is 0.339 e. The summed E-state index contributed by atoms with van der Waals surface area (Å²) in [6.07, 6.45) is -4.20. The van der Waals surface area contributed by atoms with Gasteiger partial charge in [0.2, 0.25) is 0 Å². The highest BCUT2D eigenvalue weighted by atomic mass is 32.2. The first-order valence-corrected chi connectivity index (χ1v) is 8.29. The van der Waals surface area contributed by atoms with Gasteiger partial charge in [-0.1, -0.05) is 12.1 Å². The molecule has 4 nitrogen and oxygen atoms in total. The molecule has 0 aromatic heterocycles. The summed E-state index contributed by atoms with van der Waals surface area (Å²) in [5.74, 6) is -1.80. The van der Waals surface area contributed by atoms with E-state index in [-0.39, 0.29) is 18.3 Å². The van der Waals surface area contributed by atoms with Crippen LogP contribution in [0.25, 0.3) is 0 Å². The molecule has 2 amide bonds. The Kier molecular flexibility index (Phi) is 5.47. The van der Waals surface area contributed by atoms with E-state index in [0.717, 1.165) is 38.2 Å². The maximum Gasteiger partial charge on any atom is 0.471 e. The van der Waals surface area contributed by atoms with Crippen molar-refractivity contribution in [3.8, 4) is 0 Å². The van der Waals surface area contributed by atoms with E-state index in [1.54, 1.807) is 14.1 Å². The Balaban J connectivity index is 2.28. The molecule has 0 saturated carbocycles. The molecule has 1 heterocycles. The average Bonchev–Trinajstić information content (AvgIpc) is 2.70. The second-order valence-corrected chi connectivity index (χ2v) is 6.86. The second kappa shape index (κ2) is 7.04. The van der Waals surface area contributed by atoms with E-state index < -0.39 is 12.1 Å². The summed E-state index contributed by atoms with van der Waals surface area (Å²) in [5, 5.41) is -0.140. The Bertz CT molecular complexity index is 659. The molecule has 1 aliphatic heterocycles. The van der Waals surface area contributed by atoms with Crippen LogP contribution in [0.3, 0.4) is 0 Å². The van der Waals surface area contributed by atoms with Crippen molar-refractivity contribution in [3.05, 3.63) is 28.8 Å². The highest BCUT2D eigenvalue weighted by Crippen LogP contribution is 2.33. The van der Waals surface area contributed by atoms with Crippen LogP contribution >= 0.6 is 11.8 Å². The largest absolute Gasteiger partial charge is 0.471 e. The molecule has 2 rings (SSSR count). The van der Waals surface area contributed by atoms with Gasteiger partial charge in [-0.05, 0) is 48.2 Å². The maximum atomic E-state index is 12.7. The predicted molar refractivity (Wildman–Crippen MR) is 86.2 cm³/mol. The lowest BCUT2D eigenvalue weighted by Gasteiger charge is -2.21. The van der Waals surface area contributed by atoms with Gasteiger partial charge in [-0.2, -0.15) is 13.2 Å². The molecule has 0 N–H and O–H groups in total. The molecule has 24 heavy (non-hydrogen) atoms. The fourth-order valence-corrected chi connectivity index (χ4v) is 3.55. The minimum atomic E-state index is -4.86. The van der Waals surface area contributed by atoms with Crippen LogP contribution in [0.5, 0.6) is 0 Å². The molecule has 0 bridgehead atoms. The Hall–Kier alpha value is -1.70. The molecule has 132 valence electrons. The molecule has 0 unspecified atom stereocenters. The molecule has 0 spiro atoms. The molecule has 1 aromatic rings. The fraction of sp³-hybridized carbons (Fsp3) is 0.500. The first kappa shape index (κ1) is 18.6. The Morgan fingerprint density at radius 1 is 1.17 bits per heavy atom. The van der Waals surface area contributed by atoms with Crippen molar-refractivity contribution in [1.29, 1.82) is 0 Å². The number of rotatable bonds is 1. The Morgan fingerprint density at radius 3 is 2.38 bits per heavy atom. The van der Waals surface area contributed by atoms with E-state index >= 15 is 0 Å². The van der Waals surface area contributed by atoms with Gasteiger partial charge in [0.1, 0.15) is 0 Å². The quantitative estimate of drug-likeness (QED) is 0.722. The van der Waals surface area contributed by atoms with Crippen molar-refractivity contribution in [3.63, 3.8) is 0 Å².